The van der Waals surface area contributed by atoms with Crippen LogP contribution in [0.25, 0.3) is 10.2 Å². The maximum Gasteiger partial charge on any atom is 0.0941 e. The van der Waals surface area contributed by atoms with Gasteiger partial charge in [-0.3, -0.25) is 0 Å². The van der Waals surface area contributed by atoms with E-state index in [-0.39, 0.29) is 0 Å². The summed E-state index contributed by atoms with van der Waals surface area (Å²) < 4.78 is 1.22. The maximum absolute atomic E-state index is 6.04. The molecule has 4 heteroatoms. The number of halogens is 1. The summed E-state index contributed by atoms with van der Waals surface area (Å²) in [4.78, 5) is 4.76. The second-order valence-electron chi connectivity index (χ2n) is 5.90. The molecule has 100 valence electrons. The van der Waals surface area contributed by atoms with E-state index in [9.17, 15) is 0 Å². The highest BCUT2D eigenvalue weighted by atomic mass is 35.5. The molecule has 2 nitrogen and oxygen atoms in total. The predicted molar refractivity (Wildman–Crippen MR) is 81.0 cm³/mol. The summed E-state index contributed by atoms with van der Waals surface area (Å²) in [5.41, 5.74) is 1.10. The molecule has 1 aromatic heterocycles. The summed E-state index contributed by atoms with van der Waals surface area (Å²) in [6.07, 6.45) is 6.54. The predicted octanol–water partition coefficient (Wildman–Crippen LogP) is 4.02. The van der Waals surface area contributed by atoms with Crippen LogP contribution in [0.2, 0.25) is 5.02 Å². The Morgan fingerprint density at radius 1 is 1.26 bits per heavy atom. The SMILES string of the molecule is Clc1ccc2nc(CC3CC4CCC(C3)N4)sc2c1. The van der Waals surface area contributed by atoms with E-state index in [4.69, 9.17) is 16.6 Å². The van der Waals surface area contributed by atoms with Crippen molar-refractivity contribution in [2.75, 3.05) is 0 Å². The van der Waals surface area contributed by atoms with Gasteiger partial charge in [0.25, 0.3) is 0 Å². The lowest BCUT2D eigenvalue weighted by Crippen LogP contribution is -2.38. The summed E-state index contributed by atoms with van der Waals surface area (Å²) in [6, 6.07) is 7.53. The Balaban J connectivity index is 1.54. The lowest BCUT2D eigenvalue weighted by Gasteiger charge is -2.28. The summed E-state index contributed by atoms with van der Waals surface area (Å²) in [5.74, 6) is 0.815. The van der Waals surface area contributed by atoms with Crippen molar-refractivity contribution in [2.45, 2.75) is 44.2 Å². The lowest BCUT2D eigenvalue weighted by molar-refractivity contribution is 0.298. The van der Waals surface area contributed by atoms with Crippen molar-refractivity contribution < 1.29 is 0 Å². The molecule has 2 aromatic rings. The number of nitrogens with one attached hydrogen (secondary N) is 1. The molecule has 3 heterocycles. The van der Waals surface area contributed by atoms with Crippen molar-refractivity contribution >= 4 is 33.2 Å². The van der Waals surface area contributed by atoms with Crippen LogP contribution in [0.3, 0.4) is 0 Å². The molecule has 0 amide bonds. The van der Waals surface area contributed by atoms with Crippen molar-refractivity contribution in [1.82, 2.24) is 10.3 Å². The zero-order valence-corrected chi connectivity index (χ0v) is 12.3. The van der Waals surface area contributed by atoms with Crippen molar-refractivity contribution in [1.29, 1.82) is 0 Å². The molecule has 2 aliphatic rings. The minimum absolute atomic E-state index is 0.771. The first-order valence-corrected chi connectivity index (χ1v) is 8.27. The molecule has 0 radical (unpaired) electrons. The molecule has 0 aliphatic carbocycles. The molecular weight excluding hydrogens is 276 g/mol. The van der Waals surface area contributed by atoms with Crippen LogP contribution in [0, 0.1) is 5.92 Å². The topological polar surface area (TPSA) is 24.9 Å². The summed E-state index contributed by atoms with van der Waals surface area (Å²) in [5, 5.41) is 5.79. The van der Waals surface area contributed by atoms with E-state index in [1.165, 1.54) is 35.4 Å². The molecule has 2 saturated heterocycles. The first kappa shape index (κ1) is 12.1. The number of hydrogen-bond acceptors (Lipinski definition) is 3. The van der Waals surface area contributed by atoms with Gasteiger partial charge in [-0.2, -0.15) is 0 Å². The number of benzene rings is 1. The van der Waals surface area contributed by atoms with E-state index in [0.29, 0.717) is 0 Å². The van der Waals surface area contributed by atoms with Crippen molar-refractivity contribution in [2.24, 2.45) is 5.92 Å². The van der Waals surface area contributed by atoms with Gasteiger partial charge in [0.05, 0.1) is 15.2 Å². The van der Waals surface area contributed by atoms with Crippen LogP contribution in [-0.4, -0.2) is 17.1 Å². The summed E-state index contributed by atoms with van der Waals surface area (Å²) >= 11 is 7.85. The number of rotatable bonds is 2. The first-order chi connectivity index (χ1) is 9.26. The molecule has 2 aliphatic heterocycles. The zero-order chi connectivity index (χ0) is 12.8. The molecule has 0 spiro atoms. The second-order valence-corrected chi connectivity index (χ2v) is 7.45. The fourth-order valence-electron chi connectivity index (χ4n) is 3.62. The van der Waals surface area contributed by atoms with Crippen LogP contribution in [0.1, 0.15) is 30.7 Å². The number of fused-ring (bicyclic) bond motifs is 3. The average Bonchev–Trinajstić information content (AvgIpc) is 2.92. The summed E-state index contributed by atoms with van der Waals surface area (Å²) in [6.45, 7) is 0. The van der Waals surface area contributed by atoms with Gasteiger partial charge < -0.3 is 5.32 Å². The highest BCUT2D eigenvalue weighted by Crippen LogP contribution is 2.34. The van der Waals surface area contributed by atoms with Gasteiger partial charge in [-0.15, -0.1) is 11.3 Å². The Morgan fingerprint density at radius 2 is 2.05 bits per heavy atom. The minimum atomic E-state index is 0.771. The lowest BCUT2D eigenvalue weighted by atomic mass is 9.90. The van der Waals surface area contributed by atoms with E-state index < -0.39 is 0 Å². The van der Waals surface area contributed by atoms with Crippen LogP contribution < -0.4 is 5.32 Å². The van der Waals surface area contributed by atoms with Crippen LogP contribution in [-0.2, 0) is 6.42 Å². The maximum atomic E-state index is 6.04. The van der Waals surface area contributed by atoms with Gasteiger partial charge in [-0.25, -0.2) is 4.98 Å². The molecule has 2 atom stereocenters. The van der Waals surface area contributed by atoms with Gasteiger partial charge in [0.1, 0.15) is 0 Å². The third-order valence-electron chi connectivity index (χ3n) is 4.43. The highest BCUT2D eigenvalue weighted by Gasteiger charge is 2.33. The number of hydrogen-bond donors (Lipinski definition) is 1. The fraction of sp³-hybridized carbons (Fsp3) is 0.533. The quantitative estimate of drug-likeness (QED) is 0.904. The first-order valence-electron chi connectivity index (χ1n) is 7.07. The number of thiazole rings is 1. The normalized spacial score (nSPS) is 30.1. The summed E-state index contributed by atoms with van der Waals surface area (Å²) in [7, 11) is 0. The molecule has 2 bridgehead atoms. The molecule has 0 saturated carbocycles. The van der Waals surface area contributed by atoms with Gasteiger partial charge in [-0.05, 0) is 49.8 Å². The molecule has 2 fully saturated rings. The molecule has 19 heavy (non-hydrogen) atoms. The Kier molecular flexibility index (Phi) is 3.02. The molecular formula is C15H17ClN2S. The largest absolute Gasteiger partial charge is 0.311 e. The van der Waals surface area contributed by atoms with Crippen molar-refractivity contribution in [3.63, 3.8) is 0 Å². The van der Waals surface area contributed by atoms with E-state index in [2.05, 4.69) is 5.32 Å². The Morgan fingerprint density at radius 3 is 2.84 bits per heavy atom. The van der Waals surface area contributed by atoms with E-state index in [1.807, 2.05) is 29.5 Å². The third kappa shape index (κ3) is 2.39. The van der Waals surface area contributed by atoms with E-state index in [1.54, 1.807) is 0 Å². The van der Waals surface area contributed by atoms with Crippen molar-refractivity contribution in [3.8, 4) is 0 Å². The Labute approximate surface area is 122 Å². The number of nitrogens with zero attached hydrogens (tertiary/aromatic N) is 1. The average molecular weight is 293 g/mol. The Hall–Kier alpha value is -0.640. The number of aromatic nitrogens is 1. The third-order valence-corrected chi connectivity index (χ3v) is 5.70. The van der Waals surface area contributed by atoms with E-state index >= 15 is 0 Å². The van der Waals surface area contributed by atoms with Crippen LogP contribution in [0.15, 0.2) is 18.2 Å². The van der Waals surface area contributed by atoms with Gasteiger partial charge in [0, 0.05) is 23.5 Å². The van der Waals surface area contributed by atoms with Crippen LogP contribution in [0.5, 0.6) is 0 Å². The smallest absolute Gasteiger partial charge is 0.0941 e. The van der Waals surface area contributed by atoms with Crippen LogP contribution >= 0.6 is 22.9 Å². The number of piperidine rings is 1. The van der Waals surface area contributed by atoms with Crippen LogP contribution in [0.4, 0.5) is 0 Å². The molecule has 1 N–H and O–H groups in total. The molecule has 1 aromatic carbocycles. The Bertz CT molecular complexity index is 597. The monoisotopic (exact) mass is 292 g/mol. The van der Waals surface area contributed by atoms with Gasteiger partial charge in [0.2, 0.25) is 0 Å². The second kappa shape index (κ2) is 4.72. The minimum Gasteiger partial charge on any atom is -0.311 e. The zero-order valence-electron chi connectivity index (χ0n) is 10.7. The fourth-order valence-corrected chi connectivity index (χ4v) is 4.98. The highest BCUT2D eigenvalue weighted by molar-refractivity contribution is 7.18. The van der Waals surface area contributed by atoms with Crippen molar-refractivity contribution in [3.05, 3.63) is 28.2 Å². The molecule has 2 unspecified atom stereocenters. The van der Waals surface area contributed by atoms with Gasteiger partial charge >= 0.3 is 0 Å². The standard InChI is InChI=1S/C15H17ClN2S/c16-10-1-4-13-14(8-10)19-15(18-13)7-9-5-11-2-3-12(6-9)17-11/h1,4,8-9,11-12,17H,2-3,5-7H2. The van der Waals surface area contributed by atoms with Gasteiger partial charge in [-0.1, -0.05) is 11.6 Å². The van der Waals surface area contributed by atoms with Gasteiger partial charge in [0.15, 0.2) is 0 Å². The van der Waals surface area contributed by atoms with E-state index in [0.717, 1.165) is 35.0 Å². The molecule has 4 rings (SSSR count).